The van der Waals surface area contributed by atoms with Gasteiger partial charge in [0.2, 0.25) is 0 Å². The van der Waals surface area contributed by atoms with Crippen molar-refractivity contribution in [3.63, 3.8) is 0 Å². The number of carboxylic acid groups (broad SMARTS) is 1. The average Bonchev–Trinajstić information content (AvgIpc) is 3.27. The van der Waals surface area contributed by atoms with Crippen LogP contribution in [0.1, 0.15) is 168 Å². The van der Waals surface area contributed by atoms with Crippen molar-refractivity contribution >= 4 is 17.9 Å². The van der Waals surface area contributed by atoms with E-state index in [9.17, 15) is 19.5 Å². The first-order valence-electron chi connectivity index (χ1n) is 25.0. The molecule has 0 rings (SSSR count). The van der Waals surface area contributed by atoms with E-state index in [0.29, 0.717) is 23.9 Å². The number of hydrogen-bond acceptors (Lipinski definition) is 8. The van der Waals surface area contributed by atoms with Gasteiger partial charge in [-0.05, 0) is 96.3 Å². The lowest BCUT2D eigenvalue weighted by Crippen LogP contribution is -2.44. The van der Waals surface area contributed by atoms with Crippen LogP contribution in [0.25, 0.3) is 0 Å². The smallest absolute Gasteiger partial charge is 0.306 e. The van der Waals surface area contributed by atoms with Crippen molar-refractivity contribution in [2.75, 3.05) is 47.5 Å². The van der Waals surface area contributed by atoms with Crippen LogP contribution in [0, 0.1) is 0 Å². The summed E-state index contributed by atoms with van der Waals surface area (Å²) in [6.07, 6.45) is 59.7. The Morgan fingerprint density at radius 2 is 0.831 bits per heavy atom. The minimum Gasteiger partial charge on any atom is -0.545 e. The van der Waals surface area contributed by atoms with E-state index in [1.54, 1.807) is 0 Å². The van der Waals surface area contributed by atoms with Crippen molar-refractivity contribution in [2.24, 2.45) is 0 Å². The molecule has 65 heavy (non-hydrogen) atoms. The Hall–Kier alpha value is -4.05. The molecule has 9 heteroatoms. The van der Waals surface area contributed by atoms with Crippen LogP contribution in [-0.2, 0) is 33.3 Å². The highest BCUT2D eigenvalue weighted by atomic mass is 16.7. The van der Waals surface area contributed by atoms with Crippen molar-refractivity contribution in [2.45, 2.75) is 180 Å². The quantitative estimate of drug-likeness (QED) is 0.0195. The number of aliphatic carboxylic acids is 1. The number of hydrogen-bond donors (Lipinski definition) is 0. The molecule has 0 saturated heterocycles. The lowest BCUT2D eigenvalue weighted by molar-refractivity contribution is -0.870. The predicted molar refractivity (Wildman–Crippen MR) is 269 cm³/mol. The van der Waals surface area contributed by atoms with Crippen LogP contribution < -0.4 is 5.11 Å². The number of likely N-dealkylation sites (N-methyl/N-ethyl adjacent to an activating group) is 1. The lowest BCUT2D eigenvalue weighted by atomic mass is 10.1. The van der Waals surface area contributed by atoms with Gasteiger partial charge in [-0.25, -0.2) is 0 Å². The summed E-state index contributed by atoms with van der Waals surface area (Å²) in [5, 5.41) is 11.7. The van der Waals surface area contributed by atoms with Crippen LogP contribution >= 0.6 is 0 Å². The molecule has 0 bridgehead atoms. The van der Waals surface area contributed by atoms with Gasteiger partial charge in [0.05, 0.1) is 40.3 Å². The number of carbonyl (C=O) groups excluding carboxylic acids is 3. The van der Waals surface area contributed by atoms with Gasteiger partial charge >= 0.3 is 11.9 Å². The third kappa shape index (κ3) is 47.7. The van der Waals surface area contributed by atoms with Gasteiger partial charge in [-0.2, -0.15) is 0 Å². The molecule has 0 aliphatic carbocycles. The van der Waals surface area contributed by atoms with Gasteiger partial charge in [0.25, 0.3) is 0 Å². The number of allylic oxidation sites excluding steroid dienone is 18. The molecule has 0 amide bonds. The van der Waals surface area contributed by atoms with E-state index < -0.39 is 24.3 Å². The van der Waals surface area contributed by atoms with Crippen LogP contribution in [0.4, 0.5) is 0 Å². The molecule has 0 radical (unpaired) electrons. The second-order valence-corrected chi connectivity index (χ2v) is 17.3. The first kappa shape index (κ1) is 60.9. The second-order valence-electron chi connectivity index (χ2n) is 17.3. The standard InChI is InChI=1S/C56H91NO8/c1-6-8-10-12-14-16-18-20-22-24-26-27-29-31-33-35-37-39-41-43-45-47-54(59)65-52(51-64-56(55(60)61)62-49-48-57(3,4)5)50-63-53(58)46-44-42-40-38-36-34-32-30-28-25-23-21-19-17-15-13-11-9-7-2/h8-11,14-17,20-23,26-28,30-31,33,52,56H,6-7,12-13,18-19,24-25,29,32,34-51H2,1-5H3/b10-8-,11-9-,16-14-,17-15-,22-20-,23-21-,27-26-,30-28-,33-31-. The summed E-state index contributed by atoms with van der Waals surface area (Å²) in [5.74, 6) is -2.35. The normalized spacial score (nSPS) is 13.8. The molecule has 0 saturated carbocycles. The molecule has 0 aromatic heterocycles. The predicted octanol–water partition coefficient (Wildman–Crippen LogP) is 12.7. The molecular formula is C56H91NO8. The van der Waals surface area contributed by atoms with Crippen LogP contribution in [0.2, 0.25) is 0 Å². The second kappa shape index (κ2) is 46.5. The first-order valence-corrected chi connectivity index (χ1v) is 25.0. The zero-order chi connectivity index (χ0) is 47.7. The molecule has 0 spiro atoms. The number of nitrogens with zero attached hydrogens (tertiary/aromatic N) is 1. The molecule has 2 atom stereocenters. The van der Waals surface area contributed by atoms with Gasteiger partial charge in [-0.3, -0.25) is 9.59 Å². The van der Waals surface area contributed by atoms with E-state index >= 15 is 0 Å². The molecule has 0 aromatic carbocycles. The number of quaternary nitrogens is 1. The number of unbranched alkanes of at least 4 members (excludes halogenated alkanes) is 11. The summed E-state index contributed by atoms with van der Waals surface area (Å²) in [6.45, 7) is 4.45. The van der Waals surface area contributed by atoms with Crippen LogP contribution in [0.3, 0.4) is 0 Å². The number of carboxylic acids is 1. The van der Waals surface area contributed by atoms with Gasteiger partial charge in [0.1, 0.15) is 13.2 Å². The topological polar surface area (TPSA) is 111 Å². The summed E-state index contributed by atoms with van der Waals surface area (Å²) in [4.78, 5) is 37.1. The molecule has 368 valence electrons. The zero-order valence-electron chi connectivity index (χ0n) is 41.6. The fraction of sp³-hybridized carbons (Fsp3) is 0.625. The number of ether oxygens (including phenoxy) is 4. The maximum absolute atomic E-state index is 12.8. The van der Waals surface area contributed by atoms with E-state index in [1.807, 2.05) is 21.1 Å². The van der Waals surface area contributed by atoms with Gasteiger partial charge in [0, 0.05) is 12.8 Å². The van der Waals surface area contributed by atoms with E-state index in [2.05, 4.69) is 123 Å². The Balaban J connectivity index is 4.46. The summed E-state index contributed by atoms with van der Waals surface area (Å²) >= 11 is 0. The highest BCUT2D eigenvalue weighted by Gasteiger charge is 2.21. The van der Waals surface area contributed by atoms with E-state index in [-0.39, 0.29) is 38.6 Å². The van der Waals surface area contributed by atoms with Crippen LogP contribution in [0.5, 0.6) is 0 Å². The number of esters is 2. The van der Waals surface area contributed by atoms with Gasteiger partial charge in [-0.15, -0.1) is 0 Å². The fourth-order valence-electron chi connectivity index (χ4n) is 6.20. The highest BCUT2D eigenvalue weighted by molar-refractivity contribution is 5.70. The Morgan fingerprint density at radius 3 is 1.23 bits per heavy atom. The van der Waals surface area contributed by atoms with Gasteiger partial charge in [0.15, 0.2) is 12.4 Å². The fourth-order valence-corrected chi connectivity index (χ4v) is 6.20. The Morgan fingerprint density at radius 1 is 0.462 bits per heavy atom. The van der Waals surface area contributed by atoms with Crippen molar-refractivity contribution in [3.8, 4) is 0 Å². The molecule has 0 heterocycles. The molecule has 0 aliphatic heterocycles. The van der Waals surface area contributed by atoms with Crippen molar-refractivity contribution in [1.82, 2.24) is 0 Å². The summed E-state index contributed by atoms with van der Waals surface area (Å²) < 4.78 is 22.6. The largest absolute Gasteiger partial charge is 0.545 e. The third-order valence-electron chi connectivity index (χ3n) is 10.0. The molecule has 9 nitrogen and oxygen atoms in total. The summed E-state index contributed by atoms with van der Waals surface area (Å²) in [7, 11) is 5.89. The summed E-state index contributed by atoms with van der Waals surface area (Å²) in [5.41, 5.74) is 0. The van der Waals surface area contributed by atoms with Gasteiger partial charge < -0.3 is 33.3 Å². The molecule has 0 aliphatic rings. The monoisotopic (exact) mass is 906 g/mol. The number of rotatable bonds is 44. The maximum Gasteiger partial charge on any atom is 0.306 e. The van der Waals surface area contributed by atoms with E-state index in [0.717, 1.165) is 128 Å². The summed E-state index contributed by atoms with van der Waals surface area (Å²) in [6, 6.07) is 0. The van der Waals surface area contributed by atoms with Crippen LogP contribution in [0.15, 0.2) is 109 Å². The molecule has 0 aromatic rings. The number of carbonyl (C=O) groups is 3. The molecular weight excluding hydrogens is 815 g/mol. The Kier molecular flexibility index (Phi) is 43.6. The minimum absolute atomic E-state index is 0.134. The molecule has 0 fully saturated rings. The maximum atomic E-state index is 12.8. The Bertz CT molecular complexity index is 1430. The minimum atomic E-state index is -1.64. The molecule has 0 N–H and O–H groups in total. The van der Waals surface area contributed by atoms with Crippen molar-refractivity contribution in [3.05, 3.63) is 109 Å². The van der Waals surface area contributed by atoms with Crippen molar-refractivity contribution < 1.29 is 42.9 Å². The Labute approximate surface area is 396 Å². The van der Waals surface area contributed by atoms with E-state index in [4.69, 9.17) is 18.9 Å². The zero-order valence-corrected chi connectivity index (χ0v) is 41.6. The van der Waals surface area contributed by atoms with Crippen LogP contribution in [-0.4, -0.2) is 82.3 Å². The SMILES string of the molecule is CC/C=C\C/C=C\C/C=C\C/C=C\C/C=C\CCCCCCCC(=O)OC(COC(=O)CCCCCCCC/C=C\C/C=C\C/C=C\C/C=C\CC)COC(OCC[N+](C)(C)C)C(=O)[O-]. The third-order valence-corrected chi connectivity index (χ3v) is 10.0. The van der Waals surface area contributed by atoms with Gasteiger partial charge in [-0.1, -0.05) is 168 Å². The van der Waals surface area contributed by atoms with E-state index in [1.165, 1.54) is 0 Å². The molecule has 2 unspecified atom stereocenters. The average molecular weight is 906 g/mol. The van der Waals surface area contributed by atoms with Crippen molar-refractivity contribution in [1.29, 1.82) is 0 Å². The lowest BCUT2D eigenvalue weighted by Gasteiger charge is -2.26. The highest BCUT2D eigenvalue weighted by Crippen LogP contribution is 2.13. The first-order chi connectivity index (χ1) is 31.6.